The van der Waals surface area contributed by atoms with Crippen molar-refractivity contribution in [1.29, 1.82) is 0 Å². The smallest absolute Gasteiger partial charge is 0.353 e. The second-order valence-corrected chi connectivity index (χ2v) is 14.4. The van der Waals surface area contributed by atoms with Crippen molar-refractivity contribution in [3.63, 3.8) is 0 Å². The number of carbonyl (C=O) groups is 2. The maximum absolute atomic E-state index is 13.8. The number of rotatable bonds is 7. The fraction of sp³-hybridized carbons (Fsp3) is 0.333. The number of nitrogens with zero attached hydrogens (tertiary/aromatic N) is 6. The molecule has 14 heteroatoms. The first-order valence-electron chi connectivity index (χ1n) is 15.1. The number of piperazine rings is 1. The van der Waals surface area contributed by atoms with Gasteiger partial charge in [-0.15, -0.1) is 9.35 Å². The zero-order valence-corrected chi connectivity index (χ0v) is 28.8. The van der Waals surface area contributed by atoms with Gasteiger partial charge in [0.2, 0.25) is 0 Å². The molecule has 2 aromatic heterocycles. The summed E-state index contributed by atoms with van der Waals surface area (Å²) >= 11 is 6.23. The molecule has 0 unspecified atom stereocenters. The molecule has 47 heavy (non-hydrogen) atoms. The van der Waals surface area contributed by atoms with Crippen LogP contribution < -0.4 is 15.3 Å². The van der Waals surface area contributed by atoms with Crippen molar-refractivity contribution in [1.82, 2.24) is 19.7 Å². The third-order valence-electron chi connectivity index (χ3n) is 7.65. The van der Waals surface area contributed by atoms with Gasteiger partial charge in [-0.3, -0.25) is 4.79 Å². The summed E-state index contributed by atoms with van der Waals surface area (Å²) in [5.74, 6) is 0.673. The Bertz CT molecular complexity index is 1900. The lowest BCUT2D eigenvalue weighted by atomic mass is 9.92. The number of pyridine rings is 1. The lowest BCUT2D eigenvalue weighted by molar-refractivity contribution is 0.0746. The number of aromatic nitrogens is 3. The molecule has 248 valence electrons. The summed E-state index contributed by atoms with van der Waals surface area (Å²) in [5, 5.41) is 8.58. The van der Waals surface area contributed by atoms with Gasteiger partial charge in [0.25, 0.3) is 16.0 Å². The van der Waals surface area contributed by atoms with Crippen molar-refractivity contribution in [3.8, 4) is 5.69 Å². The molecular weight excluding hydrogens is 642 g/mol. The quantitative estimate of drug-likeness (QED) is 0.245. The average Bonchev–Trinajstić information content (AvgIpc) is 3.47. The van der Waals surface area contributed by atoms with E-state index >= 15 is 0 Å². The average molecular weight is 680 g/mol. The van der Waals surface area contributed by atoms with E-state index in [2.05, 4.69) is 10.2 Å². The van der Waals surface area contributed by atoms with Gasteiger partial charge in [-0.25, -0.2) is 14.5 Å². The first-order chi connectivity index (χ1) is 22.1. The minimum atomic E-state index is -4.14. The van der Waals surface area contributed by atoms with Crippen molar-refractivity contribution in [3.05, 3.63) is 94.3 Å². The normalized spacial score (nSPS) is 13.9. The summed E-state index contributed by atoms with van der Waals surface area (Å²) in [5.41, 5.74) is 3.20. The van der Waals surface area contributed by atoms with Crippen molar-refractivity contribution >= 4 is 51.0 Å². The number of amides is 3. The molecule has 1 aliphatic heterocycles. The number of benzene rings is 2. The van der Waals surface area contributed by atoms with Crippen LogP contribution >= 0.6 is 11.6 Å². The van der Waals surface area contributed by atoms with Crippen molar-refractivity contribution in [2.45, 2.75) is 40.0 Å². The summed E-state index contributed by atoms with van der Waals surface area (Å²) in [6.07, 6.45) is 0.869. The van der Waals surface area contributed by atoms with E-state index in [1.165, 1.54) is 4.68 Å². The lowest BCUT2D eigenvalue weighted by Crippen LogP contribution is -2.49. The van der Waals surface area contributed by atoms with E-state index in [4.69, 9.17) is 26.0 Å². The van der Waals surface area contributed by atoms with Gasteiger partial charge in [-0.1, -0.05) is 62.2 Å². The van der Waals surface area contributed by atoms with Crippen LogP contribution in [0.15, 0.2) is 66.7 Å². The van der Waals surface area contributed by atoms with E-state index in [1.54, 1.807) is 54.3 Å². The number of aryl methyl sites for hydroxylation is 2. The van der Waals surface area contributed by atoms with Gasteiger partial charge in [0, 0.05) is 37.7 Å². The number of hydrogen-bond acceptors (Lipinski definition) is 8. The highest BCUT2D eigenvalue weighted by Gasteiger charge is 2.31. The Hall–Kier alpha value is -4.46. The molecule has 12 nitrogen and oxygen atoms in total. The molecule has 3 amide bonds. The largest absolute Gasteiger partial charge is 0.353 e. The Kier molecular flexibility index (Phi) is 9.62. The molecule has 1 aliphatic rings. The molecule has 3 heterocycles. The van der Waals surface area contributed by atoms with E-state index in [1.807, 2.05) is 52.0 Å². The summed E-state index contributed by atoms with van der Waals surface area (Å²) in [4.78, 5) is 35.3. The van der Waals surface area contributed by atoms with Crippen LogP contribution in [0.2, 0.25) is 5.02 Å². The van der Waals surface area contributed by atoms with Crippen molar-refractivity contribution in [2.75, 3.05) is 47.7 Å². The van der Waals surface area contributed by atoms with Gasteiger partial charge < -0.3 is 15.1 Å². The van der Waals surface area contributed by atoms with Crippen LogP contribution in [0.25, 0.3) is 5.69 Å². The summed E-state index contributed by atoms with van der Waals surface area (Å²) in [6, 6.07) is 18.7. The Morgan fingerprint density at radius 1 is 0.957 bits per heavy atom. The second-order valence-electron chi connectivity index (χ2n) is 12.4. The predicted octanol–water partition coefficient (Wildman–Crippen LogP) is 5.73. The molecule has 1 N–H and O–H groups in total. The van der Waals surface area contributed by atoms with E-state index in [-0.39, 0.29) is 11.7 Å². The van der Waals surface area contributed by atoms with Crippen LogP contribution in [0.4, 0.5) is 22.1 Å². The Morgan fingerprint density at radius 2 is 1.62 bits per heavy atom. The molecule has 1 saturated heterocycles. The first-order valence-corrected chi connectivity index (χ1v) is 17.2. The lowest BCUT2D eigenvalue weighted by Gasteiger charge is -2.35. The fourth-order valence-electron chi connectivity index (χ4n) is 5.04. The Morgan fingerprint density at radius 3 is 2.21 bits per heavy atom. The molecule has 0 atom stereocenters. The van der Waals surface area contributed by atoms with Gasteiger partial charge in [-0.2, -0.15) is 13.5 Å². The zero-order chi connectivity index (χ0) is 34.1. The summed E-state index contributed by atoms with van der Waals surface area (Å²) < 4.78 is 31.5. The number of anilines is 3. The van der Waals surface area contributed by atoms with Crippen LogP contribution in [-0.4, -0.2) is 72.5 Å². The maximum atomic E-state index is 13.8. The first kappa shape index (κ1) is 33.9. The minimum absolute atomic E-state index is 0.105. The van der Waals surface area contributed by atoms with Gasteiger partial charge in [0.05, 0.1) is 39.6 Å². The number of hydroxylamine groups is 1. The molecule has 0 spiro atoms. The van der Waals surface area contributed by atoms with Crippen molar-refractivity contribution in [2.24, 2.45) is 0 Å². The maximum Gasteiger partial charge on any atom is 0.353 e. The Balaban J connectivity index is 1.36. The molecule has 1 fully saturated rings. The van der Waals surface area contributed by atoms with E-state index < -0.39 is 21.6 Å². The Labute approximate surface area is 280 Å². The zero-order valence-electron chi connectivity index (χ0n) is 27.2. The number of nitrogens with one attached hydrogen (secondary N) is 1. The summed E-state index contributed by atoms with van der Waals surface area (Å²) in [6.45, 7) is 11.7. The number of halogens is 1. The van der Waals surface area contributed by atoms with Crippen LogP contribution in [0.3, 0.4) is 0 Å². The van der Waals surface area contributed by atoms with Crippen LogP contribution in [0.5, 0.6) is 0 Å². The van der Waals surface area contributed by atoms with Gasteiger partial charge in [-0.05, 0) is 50.2 Å². The molecule has 0 radical (unpaired) electrons. The van der Waals surface area contributed by atoms with E-state index in [9.17, 15) is 18.0 Å². The van der Waals surface area contributed by atoms with Gasteiger partial charge >= 0.3 is 6.03 Å². The molecule has 0 aliphatic carbocycles. The van der Waals surface area contributed by atoms with Gasteiger partial charge in [0.15, 0.2) is 5.82 Å². The SMILES string of the molecule is Cc1ccc(-n2nc(C(C)(C)C)cc2N(OS(C)(=O)=O)C(=O)Nc2ccc(N3CCN(C(=O)c4ccccc4Cl)CC3)nc2C)cc1. The standard InChI is InChI=1S/C33H38ClN7O5S/c1-22-11-13-24(14-12-22)40-30(21-28(37-40)33(3,4)5)41(46-47(6,44)45)32(43)36-27-15-16-29(35-23(27)2)38-17-19-39(20-18-38)31(42)25-9-7-8-10-26(25)34/h7-16,21H,17-20H2,1-6H3,(H,36,43). The molecule has 5 rings (SSSR count). The minimum Gasteiger partial charge on any atom is -0.353 e. The van der Waals surface area contributed by atoms with Gasteiger partial charge in [0.1, 0.15) is 5.82 Å². The monoisotopic (exact) mass is 679 g/mol. The van der Waals surface area contributed by atoms with E-state index in [0.717, 1.165) is 11.8 Å². The number of carbonyl (C=O) groups excluding carboxylic acids is 2. The third kappa shape index (κ3) is 7.92. The fourth-order valence-corrected chi connectivity index (χ4v) is 5.67. The highest BCUT2D eigenvalue weighted by molar-refractivity contribution is 7.86. The topological polar surface area (TPSA) is 130 Å². The predicted molar refractivity (Wildman–Crippen MR) is 183 cm³/mol. The third-order valence-corrected chi connectivity index (χ3v) is 8.40. The van der Waals surface area contributed by atoms with Crippen LogP contribution in [0.1, 0.15) is 48.1 Å². The summed E-state index contributed by atoms with van der Waals surface area (Å²) in [7, 11) is -4.14. The number of urea groups is 1. The molecule has 2 aromatic carbocycles. The molecular formula is C33H38ClN7O5S. The molecule has 4 aromatic rings. The van der Waals surface area contributed by atoms with Crippen molar-refractivity contribution < 1.29 is 22.3 Å². The van der Waals surface area contributed by atoms with Crippen LogP contribution in [-0.2, 0) is 19.8 Å². The molecule has 0 saturated carbocycles. The number of hydrogen-bond donors (Lipinski definition) is 1. The van der Waals surface area contributed by atoms with E-state index in [0.29, 0.717) is 70.4 Å². The second kappa shape index (κ2) is 13.3. The molecule has 0 bridgehead atoms. The van der Waals surface area contributed by atoms with Crippen LogP contribution in [0, 0.1) is 13.8 Å². The highest BCUT2D eigenvalue weighted by atomic mass is 35.5. The highest BCUT2D eigenvalue weighted by Crippen LogP contribution is 2.30.